The highest BCUT2D eigenvalue weighted by Gasteiger charge is 2.27. The van der Waals surface area contributed by atoms with Crippen LogP contribution < -0.4 is 38.5 Å². The molecule has 12 N–H and O–H groups in total. The Morgan fingerprint density at radius 2 is 1.28 bits per heavy atom. The Hall–Kier alpha value is -4.40. The summed E-state index contributed by atoms with van der Waals surface area (Å²) in [7, 11) is 0. The van der Waals surface area contributed by atoms with Gasteiger partial charge in [-0.05, 0) is 57.7 Å². The molecule has 0 fully saturated rings. The molecule has 216 valence electrons. The van der Waals surface area contributed by atoms with E-state index in [1.165, 1.54) is 32.9 Å². The molecule has 5 atom stereocenters. The molecule has 1 aromatic carbocycles. The number of nitrogens with zero attached hydrogens (tertiary/aromatic N) is 1. The van der Waals surface area contributed by atoms with Gasteiger partial charge < -0.3 is 48.7 Å². The number of hydrogen-bond donors (Lipinski definition) is 9. The predicted molar refractivity (Wildman–Crippen MR) is 142 cm³/mol. The second-order valence-corrected chi connectivity index (χ2v) is 9.02. The molecule has 15 heteroatoms. The summed E-state index contributed by atoms with van der Waals surface area (Å²) in [6.45, 7) is 4.35. The van der Waals surface area contributed by atoms with Gasteiger partial charge in [-0.25, -0.2) is 4.79 Å². The van der Waals surface area contributed by atoms with Crippen molar-refractivity contribution in [3.05, 3.63) is 29.8 Å². The number of amides is 4. The third kappa shape index (κ3) is 12.1. The summed E-state index contributed by atoms with van der Waals surface area (Å²) in [5.41, 5.74) is 17.1. The smallest absolute Gasteiger partial charge is 0.326 e. The van der Waals surface area contributed by atoms with Crippen LogP contribution in [0.4, 0.5) is 0 Å². The lowest BCUT2D eigenvalue weighted by molar-refractivity contribution is -0.142. The quantitative estimate of drug-likeness (QED) is 0.0624. The van der Waals surface area contributed by atoms with Crippen LogP contribution in [0.3, 0.4) is 0 Å². The van der Waals surface area contributed by atoms with Gasteiger partial charge in [0.1, 0.15) is 29.9 Å². The Morgan fingerprint density at radius 3 is 1.74 bits per heavy atom. The van der Waals surface area contributed by atoms with E-state index in [0.717, 1.165) is 5.56 Å². The molecule has 0 spiro atoms. The fraction of sp³-hybridized carbons (Fsp3) is 0.500. The van der Waals surface area contributed by atoms with Crippen molar-refractivity contribution in [3.63, 3.8) is 0 Å². The zero-order valence-electron chi connectivity index (χ0n) is 22.1. The van der Waals surface area contributed by atoms with Gasteiger partial charge in [0.25, 0.3) is 0 Å². The van der Waals surface area contributed by atoms with E-state index in [0.29, 0.717) is 6.42 Å². The highest BCUT2D eigenvalue weighted by atomic mass is 16.4. The van der Waals surface area contributed by atoms with E-state index in [4.69, 9.17) is 17.2 Å². The van der Waals surface area contributed by atoms with E-state index >= 15 is 0 Å². The summed E-state index contributed by atoms with van der Waals surface area (Å²) in [6.07, 6.45) is 0.542. The number of hydrogen-bond acceptors (Lipinski definition) is 8. The lowest BCUT2D eigenvalue weighted by atomic mass is 10.1. The van der Waals surface area contributed by atoms with Gasteiger partial charge in [0, 0.05) is 6.54 Å². The van der Waals surface area contributed by atoms with Gasteiger partial charge in [-0.3, -0.25) is 24.2 Å². The Kier molecular flexibility index (Phi) is 13.2. The van der Waals surface area contributed by atoms with Gasteiger partial charge in [-0.15, -0.1) is 0 Å². The second-order valence-electron chi connectivity index (χ2n) is 9.02. The number of nitrogens with two attached hydrogens (primary N) is 3. The van der Waals surface area contributed by atoms with E-state index in [-0.39, 0.29) is 31.1 Å². The largest absolute Gasteiger partial charge is 0.508 e. The molecule has 4 amide bonds. The van der Waals surface area contributed by atoms with Crippen LogP contribution in [0.2, 0.25) is 0 Å². The first kappa shape index (κ1) is 32.6. The Bertz CT molecular complexity index is 1040. The molecule has 15 nitrogen and oxygen atoms in total. The molecule has 0 saturated heterocycles. The SMILES string of the molecule is C[C@H](NC(=O)[C@H](C)NC(=O)[C@@H](N)Cc1ccc(O)cc1)C(=O)N[C@@H](C)C(=O)N[C@@H](CCCN=C(N)N)C(=O)O. The number of rotatable bonds is 15. The molecular formula is C24H38N8O7. The van der Waals surface area contributed by atoms with Gasteiger partial charge in [0.05, 0.1) is 6.04 Å². The number of carboxylic acid groups (broad SMARTS) is 1. The van der Waals surface area contributed by atoms with Crippen molar-refractivity contribution in [3.8, 4) is 5.75 Å². The average molecular weight is 551 g/mol. The van der Waals surface area contributed by atoms with Gasteiger partial charge in [-0.2, -0.15) is 0 Å². The number of carbonyl (C=O) groups excluding carboxylic acids is 4. The van der Waals surface area contributed by atoms with Crippen LogP contribution in [0.1, 0.15) is 39.2 Å². The number of guanidine groups is 1. The van der Waals surface area contributed by atoms with Gasteiger partial charge in [0.2, 0.25) is 23.6 Å². The maximum Gasteiger partial charge on any atom is 0.326 e. The number of benzene rings is 1. The summed E-state index contributed by atoms with van der Waals surface area (Å²) < 4.78 is 0. The van der Waals surface area contributed by atoms with Crippen LogP contribution >= 0.6 is 0 Å². The van der Waals surface area contributed by atoms with E-state index in [9.17, 15) is 34.2 Å². The Morgan fingerprint density at radius 1 is 0.821 bits per heavy atom. The number of aliphatic imine (C=N–C) groups is 1. The van der Waals surface area contributed by atoms with Gasteiger partial charge in [0.15, 0.2) is 5.96 Å². The predicted octanol–water partition coefficient (Wildman–Crippen LogP) is -2.60. The summed E-state index contributed by atoms with van der Waals surface area (Å²) >= 11 is 0. The molecule has 0 unspecified atom stereocenters. The third-order valence-electron chi connectivity index (χ3n) is 5.54. The van der Waals surface area contributed by atoms with Crippen molar-refractivity contribution < 1.29 is 34.2 Å². The van der Waals surface area contributed by atoms with E-state index in [2.05, 4.69) is 26.3 Å². The molecule has 0 aliphatic rings. The summed E-state index contributed by atoms with van der Waals surface area (Å²) in [5, 5.41) is 28.3. The van der Waals surface area contributed by atoms with Crippen LogP contribution in [-0.2, 0) is 30.4 Å². The van der Waals surface area contributed by atoms with Crippen molar-refractivity contribution >= 4 is 35.6 Å². The molecule has 0 aromatic heterocycles. The van der Waals surface area contributed by atoms with Crippen molar-refractivity contribution in [1.29, 1.82) is 0 Å². The molecule has 0 bridgehead atoms. The number of carboxylic acids is 1. The maximum absolute atomic E-state index is 12.5. The topological polar surface area (TPSA) is 264 Å². The maximum atomic E-state index is 12.5. The average Bonchev–Trinajstić information content (AvgIpc) is 2.86. The number of aromatic hydroxyl groups is 1. The molecule has 0 aliphatic heterocycles. The fourth-order valence-electron chi connectivity index (χ4n) is 3.23. The summed E-state index contributed by atoms with van der Waals surface area (Å²) in [6, 6.07) is 0.810. The zero-order valence-corrected chi connectivity index (χ0v) is 22.1. The molecule has 0 saturated carbocycles. The van der Waals surface area contributed by atoms with Crippen LogP contribution in [0.15, 0.2) is 29.3 Å². The molecule has 1 rings (SSSR count). The minimum atomic E-state index is -1.26. The molecule has 0 aliphatic carbocycles. The summed E-state index contributed by atoms with van der Waals surface area (Å²) in [4.78, 5) is 64.9. The standard InChI is InChI=1S/C24H38N8O7/c1-12(19(34)30-14(3)21(36)32-18(23(38)39)5-4-10-28-24(26)27)29-20(35)13(2)31-22(37)17(25)11-15-6-8-16(33)9-7-15/h6-9,12-14,17-18,33H,4-5,10-11,25H2,1-3H3,(H,29,35)(H,30,34)(H,31,37)(H,32,36)(H,38,39)(H4,26,27,28)/t12-,13-,14-,17-,18-/m0/s1. The van der Waals surface area contributed by atoms with Crippen LogP contribution in [0.5, 0.6) is 5.75 Å². The first-order chi connectivity index (χ1) is 18.2. The number of phenols is 1. The van der Waals surface area contributed by atoms with E-state index < -0.39 is 59.8 Å². The molecule has 1 aromatic rings. The minimum absolute atomic E-state index is 0.0627. The van der Waals surface area contributed by atoms with Crippen LogP contribution in [0.25, 0.3) is 0 Å². The molecule has 39 heavy (non-hydrogen) atoms. The van der Waals surface area contributed by atoms with Gasteiger partial charge in [-0.1, -0.05) is 12.1 Å². The first-order valence-electron chi connectivity index (χ1n) is 12.2. The van der Waals surface area contributed by atoms with Crippen molar-refractivity contribution in [2.24, 2.45) is 22.2 Å². The number of phenolic OH excluding ortho intramolecular Hbond substituents is 1. The number of carbonyl (C=O) groups is 5. The monoisotopic (exact) mass is 550 g/mol. The normalized spacial score (nSPS) is 14.5. The number of nitrogens with one attached hydrogen (secondary N) is 4. The fourth-order valence-corrected chi connectivity index (χ4v) is 3.23. The summed E-state index contributed by atoms with van der Waals surface area (Å²) in [5.74, 6) is -3.99. The second kappa shape index (κ2) is 15.8. The van der Waals surface area contributed by atoms with Crippen molar-refractivity contribution in [2.75, 3.05) is 6.54 Å². The molecular weight excluding hydrogens is 512 g/mol. The first-order valence-corrected chi connectivity index (χ1v) is 12.2. The van der Waals surface area contributed by atoms with Gasteiger partial charge >= 0.3 is 5.97 Å². The molecule has 0 heterocycles. The highest BCUT2D eigenvalue weighted by molar-refractivity contribution is 5.95. The van der Waals surface area contributed by atoms with Crippen LogP contribution in [0, 0.1) is 0 Å². The van der Waals surface area contributed by atoms with Crippen molar-refractivity contribution in [2.45, 2.75) is 70.2 Å². The van der Waals surface area contributed by atoms with Crippen molar-refractivity contribution in [1.82, 2.24) is 21.3 Å². The third-order valence-corrected chi connectivity index (χ3v) is 5.54. The molecule has 0 radical (unpaired) electrons. The van der Waals surface area contributed by atoms with E-state index in [1.54, 1.807) is 12.1 Å². The lowest BCUT2D eigenvalue weighted by Gasteiger charge is -2.22. The van der Waals surface area contributed by atoms with E-state index in [1.807, 2.05) is 0 Å². The Balaban J connectivity index is 2.53. The minimum Gasteiger partial charge on any atom is -0.508 e. The highest BCUT2D eigenvalue weighted by Crippen LogP contribution is 2.11. The number of aliphatic carboxylic acids is 1. The van der Waals surface area contributed by atoms with Crippen LogP contribution in [-0.4, -0.2) is 82.5 Å². The lowest BCUT2D eigenvalue weighted by Crippen LogP contribution is -2.56. The zero-order chi connectivity index (χ0) is 29.7. The Labute approximate surface area is 226 Å².